The molecular weight excluding hydrogens is 425 g/mol. The lowest BCUT2D eigenvalue weighted by Gasteiger charge is -2.18. The van der Waals surface area contributed by atoms with Crippen molar-refractivity contribution < 1.29 is 27.5 Å². The van der Waals surface area contributed by atoms with E-state index >= 15 is 0 Å². The summed E-state index contributed by atoms with van der Waals surface area (Å²) >= 11 is 0. The Morgan fingerprint density at radius 3 is 2.44 bits per heavy atom. The fourth-order valence-electron chi connectivity index (χ4n) is 3.04. The van der Waals surface area contributed by atoms with Gasteiger partial charge in [-0.25, -0.2) is 9.59 Å². The van der Waals surface area contributed by atoms with Crippen LogP contribution >= 0.6 is 0 Å². The molecule has 0 radical (unpaired) electrons. The number of esters is 2. The first kappa shape index (κ1) is 22.9. The molecule has 0 atom stereocenters. The Hall–Kier alpha value is -3.82. The summed E-state index contributed by atoms with van der Waals surface area (Å²) in [6.07, 6.45) is -3.92. The van der Waals surface area contributed by atoms with Crippen molar-refractivity contribution in [3.05, 3.63) is 70.9 Å². The summed E-state index contributed by atoms with van der Waals surface area (Å²) in [6, 6.07) is 10.9. The Kier molecular flexibility index (Phi) is 6.82. The van der Waals surface area contributed by atoms with Crippen molar-refractivity contribution in [2.75, 3.05) is 18.4 Å². The number of nitrogens with two attached hydrogens (primary N) is 1. The third kappa shape index (κ3) is 5.65. The van der Waals surface area contributed by atoms with Gasteiger partial charge in [0.05, 0.1) is 16.7 Å². The van der Waals surface area contributed by atoms with Gasteiger partial charge < -0.3 is 21.1 Å². The minimum Gasteiger partial charge on any atom is -0.402 e. The molecule has 3 rings (SSSR count). The van der Waals surface area contributed by atoms with Crippen LogP contribution in [-0.4, -0.2) is 31.0 Å². The number of anilines is 1. The summed E-state index contributed by atoms with van der Waals surface area (Å²) in [4.78, 5) is 29.3. The largest absolute Gasteiger partial charge is 0.416 e. The van der Waals surface area contributed by atoms with E-state index in [4.69, 9.17) is 10.5 Å². The molecule has 32 heavy (non-hydrogen) atoms. The number of allylic oxidation sites excluding steroid dienone is 1. The summed E-state index contributed by atoms with van der Waals surface area (Å²) < 4.78 is 45.0. The second-order valence-corrected chi connectivity index (χ2v) is 7.03. The Morgan fingerprint density at radius 2 is 1.84 bits per heavy atom. The molecule has 0 fully saturated rings. The van der Waals surface area contributed by atoms with Crippen molar-refractivity contribution in [2.24, 2.45) is 10.7 Å². The average molecular weight is 446 g/mol. The zero-order valence-corrected chi connectivity index (χ0v) is 17.1. The molecule has 4 N–H and O–H groups in total. The monoisotopic (exact) mass is 446 g/mol. The molecule has 0 spiro atoms. The number of nitrogens with one attached hydrogen (secondary N) is 2. The lowest BCUT2D eigenvalue weighted by molar-refractivity contribution is -0.137. The molecule has 1 aliphatic rings. The number of guanidine groups is 1. The fourth-order valence-corrected chi connectivity index (χ4v) is 3.04. The van der Waals surface area contributed by atoms with E-state index < -0.39 is 29.2 Å². The SMILES string of the molecule is CC(N)=C(C(=O)OC(=O)c1cc(NC2=NCCCN2)cc(C(F)(F)F)c1)c1ccccc1. The van der Waals surface area contributed by atoms with E-state index in [1.54, 1.807) is 30.3 Å². The standard InChI is InChI=1S/C22H21F3N4O3/c1-13(26)18(14-6-3-2-4-7-14)20(31)32-19(30)15-10-16(22(23,24)25)12-17(11-15)29-21-27-8-5-9-28-21/h2-4,6-7,10-12H,5,8-9,26H2,1H3,(H2,27,28,29). The lowest BCUT2D eigenvalue weighted by atomic mass is 10.0. The number of ether oxygens (including phenoxy) is 1. The van der Waals surface area contributed by atoms with Crippen LogP contribution in [0.4, 0.5) is 18.9 Å². The van der Waals surface area contributed by atoms with Gasteiger partial charge in [-0.05, 0) is 37.1 Å². The van der Waals surface area contributed by atoms with E-state index in [0.29, 0.717) is 30.7 Å². The lowest BCUT2D eigenvalue weighted by Crippen LogP contribution is -2.35. The van der Waals surface area contributed by atoms with Gasteiger partial charge in [0.1, 0.15) is 0 Å². The molecule has 2 aromatic rings. The summed E-state index contributed by atoms with van der Waals surface area (Å²) in [5.74, 6) is -2.01. The smallest absolute Gasteiger partial charge is 0.402 e. The van der Waals surface area contributed by atoms with E-state index in [-0.39, 0.29) is 17.0 Å². The molecule has 0 aromatic heterocycles. The van der Waals surface area contributed by atoms with Crippen LogP contribution in [0.15, 0.2) is 59.2 Å². The second-order valence-electron chi connectivity index (χ2n) is 7.03. The highest BCUT2D eigenvalue weighted by Gasteiger charge is 2.32. The summed E-state index contributed by atoms with van der Waals surface area (Å²) in [5.41, 5.74) is 4.69. The van der Waals surface area contributed by atoms with Gasteiger partial charge in [0.15, 0.2) is 5.96 Å². The summed E-state index contributed by atoms with van der Waals surface area (Å²) in [5, 5.41) is 5.65. The van der Waals surface area contributed by atoms with Gasteiger partial charge in [-0.3, -0.25) is 4.99 Å². The minimum absolute atomic E-state index is 0.0267. The number of carbonyl (C=O) groups excluding carboxylic acids is 2. The first-order valence-corrected chi connectivity index (χ1v) is 9.71. The predicted octanol–water partition coefficient (Wildman–Crippen LogP) is 3.54. The van der Waals surface area contributed by atoms with Crippen LogP contribution in [0.3, 0.4) is 0 Å². The van der Waals surface area contributed by atoms with Gasteiger partial charge in [-0.1, -0.05) is 30.3 Å². The van der Waals surface area contributed by atoms with E-state index in [2.05, 4.69) is 15.6 Å². The number of hydrogen-bond donors (Lipinski definition) is 3. The number of rotatable bonds is 4. The molecule has 0 bridgehead atoms. The van der Waals surface area contributed by atoms with Gasteiger partial charge in [-0.15, -0.1) is 0 Å². The van der Waals surface area contributed by atoms with Crippen LogP contribution in [0.25, 0.3) is 5.57 Å². The highest BCUT2D eigenvalue weighted by Crippen LogP contribution is 2.32. The molecule has 7 nitrogen and oxygen atoms in total. The molecule has 0 aliphatic carbocycles. The highest BCUT2D eigenvalue weighted by atomic mass is 19.4. The van der Waals surface area contributed by atoms with Crippen molar-refractivity contribution >= 4 is 29.2 Å². The average Bonchev–Trinajstić information content (AvgIpc) is 2.74. The molecule has 2 aromatic carbocycles. The number of carbonyl (C=O) groups is 2. The van der Waals surface area contributed by atoms with Crippen LogP contribution in [0.5, 0.6) is 0 Å². The van der Waals surface area contributed by atoms with E-state index in [1.165, 1.54) is 6.92 Å². The molecule has 168 valence electrons. The second kappa shape index (κ2) is 9.54. The maximum atomic E-state index is 13.4. The molecular formula is C22H21F3N4O3. The number of nitrogens with zero attached hydrogens (tertiary/aromatic N) is 1. The van der Waals surface area contributed by atoms with Crippen LogP contribution in [-0.2, 0) is 15.7 Å². The first-order valence-electron chi connectivity index (χ1n) is 9.71. The molecule has 0 amide bonds. The zero-order valence-electron chi connectivity index (χ0n) is 17.1. The number of halogens is 3. The normalized spacial score (nSPS) is 14.6. The molecule has 1 aliphatic heterocycles. The van der Waals surface area contributed by atoms with E-state index in [1.807, 2.05) is 0 Å². The molecule has 10 heteroatoms. The Labute approximate surface area is 182 Å². The third-order valence-electron chi connectivity index (χ3n) is 4.50. The van der Waals surface area contributed by atoms with Gasteiger partial charge in [0, 0.05) is 24.5 Å². The van der Waals surface area contributed by atoms with Crippen LogP contribution in [0, 0.1) is 0 Å². The molecule has 0 saturated heterocycles. The van der Waals surface area contributed by atoms with Crippen molar-refractivity contribution in [1.82, 2.24) is 5.32 Å². The topological polar surface area (TPSA) is 106 Å². The maximum Gasteiger partial charge on any atom is 0.416 e. The van der Waals surface area contributed by atoms with Crippen LogP contribution in [0.2, 0.25) is 0 Å². The highest BCUT2D eigenvalue weighted by molar-refractivity contribution is 6.21. The number of alkyl halides is 3. The predicted molar refractivity (Wildman–Crippen MR) is 114 cm³/mol. The fraction of sp³-hybridized carbons (Fsp3) is 0.227. The molecule has 0 unspecified atom stereocenters. The van der Waals surface area contributed by atoms with Crippen molar-refractivity contribution in [3.63, 3.8) is 0 Å². The van der Waals surface area contributed by atoms with Gasteiger partial charge in [-0.2, -0.15) is 13.2 Å². The third-order valence-corrected chi connectivity index (χ3v) is 4.50. The number of aliphatic imine (C=N–C) groups is 1. The van der Waals surface area contributed by atoms with Gasteiger partial charge in [0.2, 0.25) is 0 Å². The number of hydrogen-bond acceptors (Lipinski definition) is 7. The Morgan fingerprint density at radius 1 is 1.12 bits per heavy atom. The number of benzene rings is 2. The molecule has 0 saturated carbocycles. The van der Waals surface area contributed by atoms with E-state index in [0.717, 1.165) is 18.6 Å². The summed E-state index contributed by atoms with van der Waals surface area (Å²) in [7, 11) is 0. The minimum atomic E-state index is -4.72. The van der Waals surface area contributed by atoms with Crippen molar-refractivity contribution in [3.8, 4) is 0 Å². The van der Waals surface area contributed by atoms with E-state index in [9.17, 15) is 22.8 Å². The quantitative estimate of drug-likeness (QED) is 0.377. The van der Waals surface area contributed by atoms with Gasteiger partial charge >= 0.3 is 18.1 Å². The first-order chi connectivity index (χ1) is 15.1. The van der Waals surface area contributed by atoms with Crippen LogP contribution in [0.1, 0.15) is 34.8 Å². The Balaban J connectivity index is 1.89. The molecule has 1 heterocycles. The summed E-state index contributed by atoms with van der Waals surface area (Å²) in [6.45, 7) is 2.59. The zero-order chi connectivity index (χ0) is 23.3. The van der Waals surface area contributed by atoms with Gasteiger partial charge in [0.25, 0.3) is 0 Å². The Bertz CT molecular complexity index is 1080. The van der Waals surface area contributed by atoms with Crippen molar-refractivity contribution in [2.45, 2.75) is 19.5 Å². The van der Waals surface area contributed by atoms with Crippen LogP contribution < -0.4 is 16.4 Å². The van der Waals surface area contributed by atoms with Crippen molar-refractivity contribution in [1.29, 1.82) is 0 Å². The maximum absolute atomic E-state index is 13.4.